The molecule has 120 valence electrons. The predicted octanol–water partition coefficient (Wildman–Crippen LogP) is 4.00. The van der Waals surface area contributed by atoms with E-state index in [2.05, 4.69) is 66.9 Å². The van der Waals surface area contributed by atoms with E-state index in [0.717, 1.165) is 30.7 Å². The van der Waals surface area contributed by atoms with Crippen LogP contribution >= 0.6 is 0 Å². The van der Waals surface area contributed by atoms with E-state index in [1.54, 1.807) is 0 Å². The fraction of sp³-hybridized carbons (Fsp3) is 0.350. The molecule has 0 aliphatic heterocycles. The molecule has 1 atom stereocenters. The minimum absolute atomic E-state index is 0.154. The fourth-order valence-electron chi connectivity index (χ4n) is 3.15. The molecular weight excluding hydrogens is 282 g/mol. The van der Waals surface area contributed by atoms with Crippen LogP contribution in [0.15, 0.2) is 54.6 Å². The molecule has 2 N–H and O–H groups in total. The maximum absolute atomic E-state index is 6.34. The van der Waals surface area contributed by atoms with E-state index in [4.69, 9.17) is 10.7 Å². The van der Waals surface area contributed by atoms with Gasteiger partial charge in [0.1, 0.15) is 5.82 Å². The molecule has 0 bridgehead atoms. The molecule has 3 heteroatoms. The van der Waals surface area contributed by atoms with Crippen LogP contribution in [0.4, 0.5) is 0 Å². The van der Waals surface area contributed by atoms with Crippen molar-refractivity contribution >= 4 is 11.0 Å². The van der Waals surface area contributed by atoms with Gasteiger partial charge in [0.05, 0.1) is 11.0 Å². The molecule has 0 fully saturated rings. The van der Waals surface area contributed by atoms with E-state index in [9.17, 15) is 0 Å². The van der Waals surface area contributed by atoms with Gasteiger partial charge >= 0.3 is 0 Å². The van der Waals surface area contributed by atoms with Crippen LogP contribution in [0.3, 0.4) is 0 Å². The maximum atomic E-state index is 6.34. The van der Waals surface area contributed by atoms with Gasteiger partial charge in [-0.15, -0.1) is 0 Å². The standard InChI is InChI=1S/C20H25N3/c1-15(2)12-17(21)13-20-22-18-10-6-7-11-19(18)23(20)14-16-8-4-3-5-9-16/h3-11,15,17H,12-14,21H2,1-2H3. The molecule has 3 rings (SSSR count). The van der Waals surface area contributed by atoms with Crippen molar-refractivity contribution in [2.24, 2.45) is 11.7 Å². The highest BCUT2D eigenvalue weighted by Crippen LogP contribution is 2.20. The van der Waals surface area contributed by atoms with Gasteiger partial charge in [0, 0.05) is 19.0 Å². The summed E-state index contributed by atoms with van der Waals surface area (Å²) in [5, 5.41) is 0. The van der Waals surface area contributed by atoms with E-state index in [1.807, 2.05) is 6.07 Å². The zero-order valence-corrected chi connectivity index (χ0v) is 13.9. The number of nitrogens with two attached hydrogens (primary N) is 1. The summed E-state index contributed by atoms with van der Waals surface area (Å²) < 4.78 is 2.31. The Morgan fingerprint density at radius 1 is 1.00 bits per heavy atom. The Kier molecular flexibility index (Phi) is 4.77. The smallest absolute Gasteiger partial charge is 0.111 e. The van der Waals surface area contributed by atoms with Crippen molar-refractivity contribution in [2.75, 3.05) is 0 Å². The third kappa shape index (κ3) is 3.80. The number of aromatic nitrogens is 2. The molecule has 0 amide bonds. The number of fused-ring (bicyclic) bond motifs is 1. The highest BCUT2D eigenvalue weighted by Gasteiger charge is 2.15. The van der Waals surface area contributed by atoms with Gasteiger partial charge in [-0.3, -0.25) is 0 Å². The van der Waals surface area contributed by atoms with Crippen molar-refractivity contribution in [1.29, 1.82) is 0 Å². The van der Waals surface area contributed by atoms with Gasteiger partial charge in [-0.2, -0.15) is 0 Å². The first kappa shape index (κ1) is 15.8. The number of imidazole rings is 1. The second kappa shape index (κ2) is 6.97. The van der Waals surface area contributed by atoms with Crippen molar-refractivity contribution in [3.63, 3.8) is 0 Å². The molecular formula is C20H25N3. The third-order valence-corrected chi connectivity index (χ3v) is 4.14. The molecule has 0 saturated carbocycles. The molecule has 3 nitrogen and oxygen atoms in total. The van der Waals surface area contributed by atoms with Gasteiger partial charge in [-0.25, -0.2) is 4.98 Å². The first-order valence-electron chi connectivity index (χ1n) is 8.37. The highest BCUT2D eigenvalue weighted by atomic mass is 15.1. The van der Waals surface area contributed by atoms with Gasteiger partial charge in [0.15, 0.2) is 0 Å². The lowest BCUT2D eigenvalue weighted by Crippen LogP contribution is -2.26. The Labute approximate surface area is 138 Å². The number of hydrogen-bond acceptors (Lipinski definition) is 2. The summed E-state index contributed by atoms with van der Waals surface area (Å²) in [6.45, 7) is 5.27. The second-order valence-corrected chi connectivity index (χ2v) is 6.68. The average molecular weight is 307 g/mol. The quantitative estimate of drug-likeness (QED) is 0.748. The predicted molar refractivity (Wildman–Crippen MR) is 96.4 cm³/mol. The van der Waals surface area contributed by atoms with Crippen LogP contribution in [0, 0.1) is 5.92 Å². The minimum atomic E-state index is 0.154. The topological polar surface area (TPSA) is 43.8 Å². The number of benzene rings is 2. The van der Waals surface area contributed by atoms with Crippen LogP contribution in [0.1, 0.15) is 31.7 Å². The van der Waals surface area contributed by atoms with Crippen molar-refractivity contribution in [3.8, 4) is 0 Å². The van der Waals surface area contributed by atoms with E-state index in [0.29, 0.717) is 5.92 Å². The summed E-state index contributed by atoms with van der Waals surface area (Å²) in [6, 6.07) is 19.0. The summed E-state index contributed by atoms with van der Waals surface area (Å²) in [4.78, 5) is 4.84. The van der Waals surface area contributed by atoms with Gasteiger partial charge in [-0.05, 0) is 30.0 Å². The van der Waals surface area contributed by atoms with Crippen LogP contribution in [0.2, 0.25) is 0 Å². The monoisotopic (exact) mass is 307 g/mol. The van der Waals surface area contributed by atoms with E-state index in [1.165, 1.54) is 11.1 Å². The van der Waals surface area contributed by atoms with Crippen molar-refractivity contribution < 1.29 is 0 Å². The molecule has 0 aliphatic rings. The first-order chi connectivity index (χ1) is 11.1. The summed E-state index contributed by atoms with van der Waals surface area (Å²) in [5.41, 5.74) is 9.86. The van der Waals surface area contributed by atoms with Crippen molar-refractivity contribution in [2.45, 2.75) is 39.3 Å². The van der Waals surface area contributed by atoms with Gasteiger partial charge in [0.25, 0.3) is 0 Å². The third-order valence-electron chi connectivity index (χ3n) is 4.14. The Hall–Kier alpha value is -2.13. The number of hydrogen-bond donors (Lipinski definition) is 1. The molecule has 0 spiro atoms. The van der Waals surface area contributed by atoms with Crippen LogP contribution in [-0.4, -0.2) is 15.6 Å². The zero-order chi connectivity index (χ0) is 16.2. The summed E-state index contributed by atoms with van der Waals surface area (Å²) >= 11 is 0. The summed E-state index contributed by atoms with van der Waals surface area (Å²) in [6.07, 6.45) is 1.84. The molecule has 2 aromatic carbocycles. The van der Waals surface area contributed by atoms with E-state index < -0.39 is 0 Å². The number of para-hydroxylation sites is 2. The maximum Gasteiger partial charge on any atom is 0.111 e. The molecule has 0 saturated heterocycles. The lowest BCUT2D eigenvalue weighted by atomic mass is 10.0. The van der Waals surface area contributed by atoms with Gasteiger partial charge < -0.3 is 10.3 Å². The van der Waals surface area contributed by atoms with E-state index >= 15 is 0 Å². The molecule has 0 aliphatic carbocycles. The van der Waals surface area contributed by atoms with Crippen LogP contribution in [0.25, 0.3) is 11.0 Å². The zero-order valence-electron chi connectivity index (χ0n) is 13.9. The van der Waals surface area contributed by atoms with Crippen LogP contribution in [0.5, 0.6) is 0 Å². The fourth-order valence-corrected chi connectivity index (χ4v) is 3.15. The largest absolute Gasteiger partial charge is 0.327 e. The lowest BCUT2D eigenvalue weighted by Gasteiger charge is -2.15. The minimum Gasteiger partial charge on any atom is -0.327 e. The first-order valence-corrected chi connectivity index (χ1v) is 8.37. The summed E-state index contributed by atoms with van der Waals surface area (Å²) in [5.74, 6) is 1.69. The lowest BCUT2D eigenvalue weighted by molar-refractivity contribution is 0.481. The normalized spacial score (nSPS) is 12.9. The molecule has 23 heavy (non-hydrogen) atoms. The number of nitrogens with zero attached hydrogens (tertiary/aromatic N) is 2. The Bertz CT molecular complexity index is 759. The molecule has 1 heterocycles. The van der Waals surface area contributed by atoms with Gasteiger partial charge in [0.2, 0.25) is 0 Å². The SMILES string of the molecule is CC(C)CC(N)Cc1nc2ccccc2n1Cc1ccccc1. The summed E-state index contributed by atoms with van der Waals surface area (Å²) in [7, 11) is 0. The number of rotatable bonds is 6. The molecule has 1 unspecified atom stereocenters. The van der Waals surface area contributed by atoms with Gasteiger partial charge in [-0.1, -0.05) is 56.3 Å². The molecule has 0 radical (unpaired) electrons. The van der Waals surface area contributed by atoms with Crippen molar-refractivity contribution in [1.82, 2.24) is 9.55 Å². The molecule has 3 aromatic rings. The van der Waals surface area contributed by atoms with Crippen LogP contribution in [-0.2, 0) is 13.0 Å². The Balaban J connectivity index is 1.94. The van der Waals surface area contributed by atoms with E-state index in [-0.39, 0.29) is 6.04 Å². The Morgan fingerprint density at radius 3 is 2.43 bits per heavy atom. The highest BCUT2D eigenvalue weighted by molar-refractivity contribution is 5.76. The van der Waals surface area contributed by atoms with Crippen molar-refractivity contribution in [3.05, 3.63) is 66.0 Å². The average Bonchev–Trinajstić information content (AvgIpc) is 2.85. The van der Waals surface area contributed by atoms with Crippen LogP contribution < -0.4 is 5.73 Å². The second-order valence-electron chi connectivity index (χ2n) is 6.68. The molecule has 1 aromatic heterocycles. The Morgan fingerprint density at radius 2 is 1.70 bits per heavy atom.